The molecule has 0 saturated carbocycles. The second kappa shape index (κ2) is 10.1. The largest absolute Gasteiger partial charge is 0.372 e. The zero-order valence-electron chi connectivity index (χ0n) is 20.8. The molecule has 0 radical (unpaired) electrons. The van der Waals surface area contributed by atoms with E-state index in [1.165, 1.54) is 18.1 Å². The van der Waals surface area contributed by atoms with Crippen LogP contribution >= 0.6 is 11.8 Å². The molecule has 0 aliphatic heterocycles. The van der Waals surface area contributed by atoms with Gasteiger partial charge in [-0.3, -0.25) is 9.36 Å². The number of rotatable bonds is 8. The third-order valence-corrected chi connectivity index (χ3v) is 7.09. The number of thioether (sulfide) groups is 1. The fraction of sp³-hybridized carbons (Fsp3) is 0.269. The summed E-state index contributed by atoms with van der Waals surface area (Å²) in [4.78, 5) is 39.4. The predicted molar refractivity (Wildman–Crippen MR) is 145 cm³/mol. The van der Waals surface area contributed by atoms with Gasteiger partial charge in [0.15, 0.2) is 5.65 Å². The molecule has 0 amide bonds. The molecular formula is C26H28N8OS. The SMILES string of the molecule is Cc1cccc2nc(CSc3ncnc4[nH]cnc34)n(-c3ccccc3N(C)CCN(C)C)c(=O)c12. The molecule has 10 heteroatoms. The summed E-state index contributed by atoms with van der Waals surface area (Å²) in [5.74, 6) is 1.09. The van der Waals surface area contributed by atoms with Gasteiger partial charge in [-0.15, -0.1) is 0 Å². The molecule has 0 aliphatic rings. The molecule has 5 aromatic rings. The lowest BCUT2D eigenvalue weighted by Gasteiger charge is -2.25. The number of hydrogen-bond donors (Lipinski definition) is 1. The molecular weight excluding hydrogens is 472 g/mol. The maximum Gasteiger partial charge on any atom is 0.266 e. The van der Waals surface area contributed by atoms with Gasteiger partial charge < -0.3 is 14.8 Å². The maximum atomic E-state index is 14.0. The zero-order valence-corrected chi connectivity index (χ0v) is 21.6. The van der Waals surface area contributed by atoms with Crippen molar-refractivity contribution >= 4 is 39.5 Å². The normalized spacial score (nSPS) is 11.6. The Morgan fingerprint density at radius 2 is 1.83 bits per heavy atom. The van der Waals surface area contributed by atoms with E-state index in [1.54, 1.807) is 10.9 Å². The van der Waals surface area contributed by atoms with Crippen LogP contribution in [0.4, 0.5) is 5.69 Å². The Morgan fingerprint density at radius 3 is 2.67 bits per heavy atom. The minimum Gasteiger partial charge on any atom is -0.372 e. The van der Waals surface area contributed by atoms with Crippen molar-refractivity contribution < 1.29 is 0 Å². The summed E-state index contributed by atoms with van der Waals surface area (Å²) in [6.07, 6.45) is 3.12. The van der Waals surface area contributed by atoms with Crippen LogP contribution in [-0.4, -0.2) is 68.6 Å². The van der Waals surface area contributed by atoms with Crippen molar-refractivity contribution in [2.45, 2.75) is 17.7 Å². The fourth-order valence-electron chi connectivity index (χ4n) is 4.21. The lowest BCUT2D eigenvalue weighted by Crippen LogP contribution is -2.31. The smallest absolute Gasteiger partial charge is 0.266 e. The van der Waals surface area contributed by atoms with Gasteiger partial charge in [0.05, 0.1) is 34.4 Å². The van der Waals surface area contributed by atoms with Gasteiger partial charge in [0, 0.05) is 20.1 Å². The molecule has 2 aromatic carbocycles. The highest BCUT2D eigenvalue weighted by Crippen LogP contribution is 2.29. The second-order valence-corrected chi connectivity index (χ2v) is 9.88. The third kappa shape index (κ3) is 4.57. The number of para-hydroxylation sites is 2. The molecule has 0 spiro atoms. The number of nitrogens with one attached hydrogen (secondary N) is 1. The van der Waals surface area contributed by atoms with Gasteiger partial charge in [-0.05, 0) is 44.8 Å². The first-order valence-corrected chi connectivity index (χ1v) is 12.7. The molecule has 3 aromatic heterocycles. The van der Waals surface area contributed by atoms with Crippen molar-refractivity contribution in [3.05, 3.63) is 76.9 Å². The first-order valence-electron chi connectivity index (χ1n) is 11.7. The highest BCUT2D eigenvalue weighted by atomic mass is 32.2. The average Bonchev–Trinajstić information content (AvgIpc) is 3.36. The maximum absolute atomic E-state index is 14.0. The highest BCUT2D eigenvalue weighted by molar-refractivity contribution is 7.98. The van der Waals surface area contributed by atoms with Gasteiger partial charge in [-0.2, -0.15) is 0 Å². The number of fused-ring (bicyclic) bond motifs is 2. The third-order valence-electron chi connectivity index (χ3n) is 6.11. The molecule has 0 fully saturated rings. The number of benzene rings is 2. The van der Waals surface area contributed by atoms with Crippen molar-refractivity contribution in [1.82, 2.24) is 34.4 Å². The minimum atomic E-state index is -0.0743. The molecule has 0 aliphatic carbocycles. The number of anilines is 1. The summed E-state index contributed by atoms with van der Waals surface area (Å²) in [6.45, 7) is 3.67. The molecule has 1 N–H and O–H groups in total. The summed E-state index contributed by atoms with van der Waals surface area (Å²) < 4.78 is 1.76. The van der Waals surface area contributed by atoms with Crippen LogP contribution in [0.15, 0.2) is 64.9 Å². The number of aryl methyl sites for hydroxylation is 1. The van der Waals surface area contributed by atoms with Crippen LogP contribution in [0.3, 0.4) is 0 Å². The van der Waals surface area contributed by atoms with Crippen molar-refractivity contribution in [3.63, 3.8) is 0 Å². The quantitative estimate of drug-likeness (QED) is 0.255. The Labute approximate surface area is 213 Å². The van der Waals surface area contributed by atoms with Crippen molar-refractivity contribution in [2.24, 2.45) is 0 Å². The van der Waals surface area contributed by atoms with Gasteiger partial charge in [0.2, 0.25) is 0 Å². The van der Waals surface area contributed by atoms with Crippen LogP contribution in [-0.2, 0) is 5.75 Å². The monoisotopic (exact) mass is 500 g/mol. The predicted octanol–water partition coefficient (Wildman–Crippen LogP) is 3.65. The molecule has 0 saturated heterocycles. The van der Waals surface area contributed by atoms with Crippen molar-refractivity contribution in [3.8, 4) is 5.69 Å². The van der Waals surface area contributed by atoms with Gasteiger partial charge in [-0.1, -0.05) is 36.0 Å². The Bertz CT molecular complexity index is 1590. The van der Waals surface area contributed by atoms with E-state index in [0.29, 0.717) is 33.6 Å². The molecule has 5 rings (SSSR count). The van der Waals surface area contributed by atoms with Crippen LogP contribution in [0.5, 0.6) is 0 Å². The lowest BCUT2D eigenvalue weighted by molar-refractivity contribution is 0.416. The van der Waals surface area contributed by atoms with Crippen molar-refractivity contribution in [2.75, 3.05) is 39.1 Å². The number of aromatic amines is 1. The lowest BCUT2D eigenvalue weighted by atomic mass is 10.1. The van der Waals surface area contributed by atoms with Gasteiger partial charge >= 0.3 is 0 Å². The van der Waals surface area contributed by atoms with E-state index in [-0.39, 0.29) is 5.56 Å². The standard InChI is InChI=1S/C26H28N8OS/c1-17-8-7-9-18-22(17)26(35)34(20-11-6-5-10-19(20)33(4)13-12-32(2)3)21(31-18)14-36-25-23-24(28-15-27-23)29-16-30-25/h5-11,15-16H,12-14H2,1-4H3,(H,27,28,29,30). The fourth-order valence-corrected chi connectivity index (χ4v) is 5.08. The van der Waals surface area contributed by atoms with Crippen LogP contribution in [0.1, 0.15) is 11.4 Å². The number of nitrogens with zero attached hydrogens (tertiary/aromatic N) is 7. The van der Waals surface area contributed by atoms with Crippen LogP contribution < -0.4 is 10.5 Å². The molecule has 0 atom stereocenters. The van der Waals surface area contributed by atoms with Crippen molar-refractivity contribution in [1.29, 1.82) is 0 Å². The Hall–Kier alpha value is -3.76. The summed E-state index contributed by atoms with van der Waals surface area (Å²) >= 11 is 1.49. The highest BCUT2D eigenvalue weighted by Gasteiger charge is 2.19. The van der Waals surface area contributed by atoms with Gasteiger partial charge in [0.25, 0.3) is 5.56 Å². The van der Waals surface area contributed by atoms with Gasteiger partial charge in [0.1, 0.15) is 22.7 Å². The Kier molecular flexibility index (Phi) is 6.71. The zero-order chi connectivity index (χ0) is 25.2. The first-order chi connectivity index (χ1) is 17.4. The number of imidazole rings is 1. The van der Waals surface area contributed by atoms with E-state index in [9.17, 15) is 4.79 Å². The summed E-state index contributed by atoms with van der Waals surface area (Å²) in [5.41, 5.74) is 4.69. The molecule has 184 valence electrons. The van der Waals surface area contributed by atoms with E-state index in [0.717, 1.165) is 35.1 Å². The van der Waals surface area contributed by atoms with Crippen LogP contribution in [0.2, 0.25) is 0 Å². The van der Waals surface area contributed by atoms with E-state index in [4.69, 9.17) is 4.98 Å². The second-order valence-electron chi connectivity index (χ2n) is 8.92. The van der Waals surface area contributed by atoms with Gasteiger partial charge in [-0.25, -0.2) is 19.9 Å². The Balaban J connectivity index is 1.65. The Morgan fingerprint density at radius 1 is 1.00 bits per heavy atom. The van der Waals surface area contributed by atoms with Crippen LogP contribution in [0.25, 0.3) is 27.8 Å². The van der Waals surface area contributed by atoms with E-state index in [2.05, 4.69) is 50.9 Å². The number of hydrogen-bond acceptors (Lipinski definition) is 8. The van der Waals surface area contributed by atoms with E-state index < -0.39 is 0 Å². The molecule has 0 bridgehead atoms. The van der Waals surface area contributed by atoms with E-state index >= 15 is 0 Å². The minimum absolute atomic E-state index is 0.0743. The number of likely N-dealkylation sites (N-methyl/N-ethyl adjacent to an activating group) is 2. The van der Waals surface area contributed by atoms with E-state index in [1.807, 2.05) is 49.4 Å². The molecule has 9 nitrogen and oxygen atoms in total. The summed E-state index contributed by atoms with van der Waals surface area (Å²) in [7, 11) is 6.16. The molecule has 3 heterocycles. The number of aromatic nitrogens is 6. The topological polar surface area (TPSA) is 95.8 Å². The first kappa shape index (κ1) is 24.0. The summed E-state index contributed by atoms with van der Waals surface area (Å²) in [6, 6.07) is 13.8. The van der Waals surface area contributed by atoms with Crippen LogP contribution in [0, 0.1) is 6.92 Å². The average molecular weight is 501 g/mol. The molecule has 0 unspecified atom stereocenters. The molecule has 36 heavy (non-hydrogen) atoms. The number of H-pyrrole nitrogens is 1. The summed E-state index contributed by atoms with van der Waals surface area (Å²) in [5, 5.41) is 1.37.